The maximum atomic E-state index is 9.37. The third-order valence-electron chi connectivity index (χ3n) is 6.46. The minimum Gasteiger partial charge on any atom is -0.396 e. The van der Waals surface area contributed by atoms with Crippen molar-refractivity contribution in [2.75, 3.05) is 39.6 Å². The van der Waals surface area contributed by atoms with Crippen LogP contribution in [0.1, 0.15) is 99.3 Å². The molecular formula is C26H52O6. The van der Waals surface area contributed by atoms with Gasteiger partial charge in [0.25, 0.3) is 0 Å². The highest BCUT2D eigenvalue weighted by Crippen LogP contribution is 2.37. The van der Waals surface area contributed by atoms with Gasteiger partial charge in [0.15, 0.2) is 12.6 Å². The Morgan fingerprint density at radius 1 is 0.594 bits per heavy atom. The molecule has 0 aliphatic carbocycles. The second kappa shape index (κ2) is 14.9. The molecule has 32 heavy (non-hydrogen) atoms. The van der Waals surface area contributed by atoms with Gasteiger partial charge in [-0.25, -0.2) is 0 Å². The minimum atomic E-state index is -0.431. The lowest BCUT2D eigenvalue weighted by Gasteiger charge is -2.48. The van der Waals surface area contributed by atoms with E-state index in [1.165, 1.54) is 57.8 Å². The molecular weight excluding hydrogens is 408 g/mol. The van der Waals surface area contributed by atoms with Crippen LogP contribution in [0.15, 0.2) is 0 Å². The fourth-order valence-electron chi connectivity index (χ4n) is 3.79. The number of aliphatic hydroxyl groups excluding tert-OH is 2. The van der Waals surface area contributed by atoms with Crippen LogP contribution < -0.4 is 0 Å². The molecule has 0 aromatic heterocycles. The van der Waals surface area contributed by atoms with Gasteiger partial charge in [-0.15, -0.1) is 0 Å². The molecule has 2 N–H and O–H groups in total. The first kappa shape index (κ1) is 29.8. The van der Waals surface area contributed by atoms with E-state index >= 15 is 0 Å². The highest BCUT2D eigenvalue weighted by Gasteiger charge is 2.47. The molecule has 2 rings (SSSR count). The first-order valence-corrected chi connectivity index (χ1v) is 12.8. The van der Waals surface area contributed by atoms with Crippen molar-refractivity contribution in [3.63, 3.8) is 0 Å². The lowest BCUT2D eigenvalue weighted by Crippen LogP contribution is -2.56. The maximum absolute atomic E-state index is 9.37. The summed E-state index contributed by atoms with van der Waals surface area (Å²) in [6, 6.07) is 0. The maximum Gasteiger partial charge on any atom is 0.164 e. The van der Waals surface area contributed by atoms with Gasteiger partial charge < -0.3 is 29.2 Å². The molecule has 6 nitrogen and oxygen atoms in total. The summed E-state index contributed by atoms with van der Waals surface area (Å²) in [6.07, 6.45) is 12.1. The first-order chi connectivity index (χ1) is 15.2. The molecule has 0 amide bonds. The standard InChI is InChI=1S/C15H28O6.C11H24/c1-13(2,5-16)11-18-7-15(8-19-11)9-20-12(21-10-15)14(3,4)6-17;1-3-5-7-9-11-10-8-6-4-2/h11-12,16-17H,5-10H2,1-4H3;3-11H2,1-2H3. The number of hydrogen-bond donors (Lipinski definition) is 2. The Balaban J connectivity index is 0.000000396. The van der Waals surface area contributed by atoms with Crippen LogP contribution in [0.25, 0.3) is 0 Å². The smallest absolute Gasteiger partial charge is 0.164 e. The van der Waals surface area contributed by atoms with Crippen molar-refractivity contribution >= 4 is 0 Å². The number of ether oxygens (including phenoxy) is 4. The van der Waals surface area contributed by atoms with Gasteiger partial charge in [-0.1, -0.05) is 99.3 Å². The molecule has 2 aliphatic rings. The zero-order valence-corrected chi connectivity index (χ0v) is 21.8. The van der Waals surface area contributed by atoms with E-state index in [0.29, 0.717) is 26.4 Å². The molecule has 0 atom stereocenters. The van der Waals surface area contributed by atoms with E-state index in [9.17, 15) is 10.2 Å². The summed E-state index contributed by atoms with van der Waals surface area (Å²) in [6.45, 7) is 14.1. The fourth-order valence-corrected chi connectivity index (χ4v) is 3.79. The second-order valence-electron chi connectivity index (χ2n) is 11.2. The fraction of sp³-hybridized carbons (Fsp3) is 1.00. The van der Waals surface area contributed by atoms with Crippen molar-refractivity contribution in [2.45, 2.75) is 112 Å². The molecule has 0 saturated carbocycles. The summed E-state index contributed by atoms with van der Waals surface area (Å²) < 4.78 is 23.1. The lowest BCUT2D eigenvalue weighted by atomic mass is 9.86. The largest absolute Gasteiger partial charge is 0.396 e. The van der Waals surface area contributed by atoms with Crippen LogP contribution in [0, 0.1) is 16.2 Å². The first-order valence-electron chi connectivity index (χ1n) is 12.8. The van der Waals surface area contributed by atoms with Crippen molar-refractivity contribution < 1.29 is 29.2 Å². The van der Waals surface area contributed by atoms with Crippen LogP contribution in [0.5, 0.6) is 0 Å². The highest BCUT2D eigenvalue weighted by molar-refractivity contribution is 4.88. The van der Waals surface area contributed by atoms with E-state index in [4.69, 9.17) is 18.9 Å². The SMILES string of the molecule is CC(C)(CO)C1OCC2(CO1)COC(C(C)(C)CO)OC2.CCCCCCCCCCC. The van der Waals surface area contributed by atoms with Crippen LogP contribution in [0.3, 0.4) is 0 Å². The molecule has 2 aliphatic heterocycles. The topological polar surface area (TPSA) is 77.4 Å². The third kappa shape index (κ3) is 9.94. The number of hydrogen-bond acceptors (Lipinski definition) is 6. The van der Waals surface area contributed by atoms with Crippen molar-refractivity contribution in [1.29, 1.82) is 0 Å². The summed E-state index contributed by atoms with van der Waals surface area (Å²) in [7, 11) is 0. The van der Waals surface area contributed by atoms with Crippen LogP contribution in [-0.4, -0.2) is 62.4 Å². The zero-order valence-electron chi connectivity index (χ0n) is 21.8. The minimum absolute atomic E-state index is 0.00440. The van der Waals surface area contributed by atoms with Crippen molar-refractivity contribution in [2.24, 2.45) is 16.2 Å². The Kier molecular flexibility index (Phi) is 13.9. The van der Waals surface area contributed by atoms with Gasteiger partial charge in [-0.2, -0.15) is 0 Å². The second-order valence-corrected chi connectivity index (χ2v) is 11.2. The summed E-state index contributed by atoms with van der Waals surface area (Å²) in [4.78, 5) is 0. The normalized spacial score (nSPS) is 26.6. The molecule has 6 heteroatoms. The Morgan fingerprint density at radius 2 is 0.875 bits per heavy atom. The molecule has 0 aromatic carbocycles. The van der Waals surface area contributed by atoms with E-state index in [-0.39, 0.29) is 18.6 Å². The molecule has 0 aromatic rings. The third-order valence-corrected chi connectivity index (χ3v) is 6.46. The summed E-state index contributed by atoms with van der Waals surface area (Å²) in [5.41, 5.74) is -1.16. The Hall–Kier alpha value is -0.240. The quantitative estimate of drug-likeness (QED) is 0.385. The van der Waals surface area contributed by atoms with Gasteiger partial charge >= 0.3 is 0 Å². The molecule has 0 unspecified atom stereocenters. The monoisotopic (exact) mass is 460 g/mol. The molecule has 0 bridgehead atoms. The zero-order chi connectivity index (χ0) is 24.1. The summed E-state index contributed by atoms with van der Waals surface area (Å²) >= 11 is 0. The average Bonchev–Trinajstić information content (AvgIpc) is 2.79. The highest BCUT2D eigenvalue weighted by atomic mass is 16.7. The van der Waals surface area contributed by atoms with Crippen LogP contribution in [-0.2, 0) is 18.9 Å². The average molecular weight is 461 g/mol. The van der Waals surface area contributed by atoms with E-state index in [2.05, 4.69) is 13.8 Å². The van der Waals surface area contributed by atoms with Crippen LogP contribution >= 0.6 is 0 Å². The molecule has 0 radical (unpaired) electrons. The lowest BCUT2D eigenvalue weighted by molar-refractivity contribution is -0.337. The van der Waals surface area contributed by atoms with E-state index in [1.807, 2.05) is 27.7 Å². The Labute approximate surface area is 197 Å². The molecule has 2 fully saturated rings. The van der Waals surface area contributed by atoms with Crippen LogP contribution in [0.2, 0.25) is 0 Å². The predicted molar refractivity (Wildman–Crippen MR) is 128 cm³/mol. The van der Waals surface area contributed by atoms with Gasteiger partial charge in [-0.05, 0) is 0 Å². The van der Waals surface area contributed by atoms with Gasteiger partial charge in [0.2, 0.25) is 0 Å². The van der Waals surface area contributed by atoms with Crippen molar-refractivity contribution in [3.8, 4) is 0 Å². The summed E-state index contributed by atoms with van der Waals surface area (Å²) in [5.74, 6) is 0. The van der Waals surface area contributed by atoms with Gasteiger partial charge in [-0.3, -0.25) is 0 Å². The predicted octanol–water partition coefficient (Wildman–Crippen LogP) is 5.29. The number of aliphatic hydroxyl groups is 2. The van der Waals surface area contributed by atoms with Crippen molar-refractivity contribution in [3.05, 3.63) is 0 Å². The number of rotatable bonds is 12. The Bertz CT molecular complexity index is 417. The van der Waals surface area contributed by atoms with E-state index < -0.39 is 23.4 Å². The number of unbranched alkanes of at least 4 members (excludes halogenated alkanes) is 8. The van der Waals surface area contributed by atoms with E-state index in [0.717, 1.165) is 0 Å². The van der Waals surface area contributed by atoms with Gasteiger partial charge in [0.05, 0.1) is 45.1 Å². The van der Waals surface area contributed by atoms with Gasteiger partial charge in [0, 0.05) is 10.8 Å². The molecule has 1 spiro atoms. The van der Waals surface area contributed by atoms with E-state index in [1.54, 1.807) is 0 Å². The Morgan fingerprint density at radius 3 is 1.12 bits per heavy atom. The van der Waals surface area contributed by atoms with Crippen molar-refractivity contribution in [1.82, 2.24) is 0 Å². The molecule has 2 saturated heterocycles. The molecule has 192 valence electrons. The molecule has 2 heterocycles. The van der Waals surface area contributed by atoms with Crippen LogP contribution in [0.4, 0.5) is 0 Å². The summed E-state index contributed by atoms with van der Waals surface area (Å²) in [5, 5.41) is 18.7. The van der Waals surface area contributed by atoms with Gasteiger partial charge in [0.1, 0.15) is 0 Å².